The van der Waals surface area contributed by atoms with Crippen LogP contribution >= 0.6 is 0 Å². The van der Waals surface area contributed by atoms with E-state index in [2.05, 4.69) is 39.8 Å². The molecule has 1 amide bonds. The molecule has 136 valence electrons. The number of nitrogens with one attached hydrogen (secondary N) is 2. The summed E-state index contributed by atoms with van der Waals surface area (Å²) in [5, 5.41) is 11.0. The normalized spacial score (nSPS) is 12.2. The largest absolute Gasteiger partial charge is 0.444 e. The molecule has 0 aliphatic heterocycles. The van der Waals surface area contributed by atoms with E-state index in [1.807, 2.05) is 59.0 Å². The molecule has 0 radical (unpaired) electrons. The van der Waals surface area contributed by atoms with Crippen molar-refractivity contribution in [3.63, 3.8) is 0 Å². The Kier molecular flexibility index (Phi) is 4.48. The maximum atomic E-state index is 12.1. The van der Waals surface area contributed by atoms with Crippen LogP contribution in [0.2, 0.25) is 0 Å². The number of rotatable bonds is 3. The molecule has 3 aromatic rings. The van der Waals surface area contributed by atoms with Gasteiger partial charge in [0.15, 0.2) is 0 Å². The molecule has 1 aromatic heterocycles. The van der Waals surface area contributed by atoms with E-state index < -0.39 is 17.2 Å². The van der Waals surface area contributed by atoms with Crippen molar-refractivity contribution in [2.45, 2.75) is 45.8 Å². The van der Waals surface area contributed by atoms with Crippen LogP contribution in [0.1, 0.15) is 40.2 Å². The van der Waals surface area contributed by atoms with Gasteiger partial charge in [0.1, 0.15) is 5.60 Å². The smallest absolute Gasteiger partial charge is 0.408 e. The Morgan fingerprint density at radius 2 is 1.65 bits per heavy atom. The van der Waals surface area contributed by atoms with Crippen LogP contribution in [-0.2, 0) is 10.3 Å². The molecule has 2 N–H and O–H groups in total. The van der Waals surface area contributed by atoms with Gasteiger partial charge in [-0.25, -0.2) is 4.79 Å². The maximum Gasteiger partial charge on any atom is 0.408 e. The quantitative estimate of drug-likeness (QED) is 0.698. The van der Waals surface area contributed by atoms with Crippen molar-refractivity contribution < 1.29 is 9.53 Å². The fraction of sp³-hybridized carbons (Fsp3) is 0.333. The zero-order valence-corrected chi connectivity index (χ0v) is 15.9. The molecule has 5 nitrogen and oxygen atoms in total. The van der Waals surface area contributed by atoms with Gasteiger partial charge in [0.2, 0.25) is 0 Å². The molecule has 26 heavy (non-hydrogen) atoms. The van der Waals surface area contributed by atoms with E-state index in [-0.39, 0.29) is 0 Å². The number of H-pyrrole nitrogens is 1. The third-order valence-electron chi connectivity index (χ3n) is 4.19. The number of benzene rings is 2. The summed E-state index contributed by atoms with van der Waals surface area (Å²) in [6, 6.07) is 14.4. The van der Waals surface area contributed by atoms with Gasteiger partial charge >= 0.3 is 6.09 Å². The predicted molar refractivity (Wildman–Crippen MR) is 104 cm³/mol. The standard InChI is InChI=1S/C21H25N3O2/c1-20(2,3)26-19(25)23-21(4,5)17-9-6-14(7-10-17)15-8-11-18-16(12-15)13-22-24-18/h6-13H,1-5H3,(H,22,24)(H,23,25). The summed E-state index contributed by atoms with van der Waals surface area (Å²) in [4.78, 5) is 12.1. The second-order valence-corrected chi connectivity index (χ2v) is 8.00. The van der Waals surface area contributed by atoms with Crippen LogP contribution in [0.4, 0.5) is 4.79 Å². The Labute approximate surface area is 153 Å². The highest BCUT2D eigenvalue weighted by Gasteiger charge is 2.26. The van der Waals surface area contributed by atoms with E-state index in [0.717, 1.165) is 27.6 Å². The highest BCUT2D eigenvalue weighted by molar-refractivity contribution is 5.84. The molecule has 0 unspecified atom stereocenters. The van der Waals surface area contributed by atoms with Gasteiger partial charge in [-0.3, -0.25) is 5.10 Å². The summed E-state index contributed by atoms with van der Waals surface area (Å²) >= 11 is 0. The number of hydrogen-bond donors (Lipinski definition) is 2. The lowest BCUT2D eigenvalue weighted by Crippen LogP contribution is -2.43. The minimum absolute atomic E-state index is 0.419. The summed E-state index contributed by atoms with van der Waals surface area (Å²) in [5.41, 5.74) is 3.23. The lowest BCUT2D eigenvalue weighted by Gasteiger charge is -2.29. The Balaban J connectivity index is 1.78. The van der Waals surface area contributed by atoms with E-state index in [9.17, 15) is 4.79 Å². The lowest BCUT2D eigenvalue weighted by molar-refractivity contribution is 0.0470. The number of carbonyl (C=O) groups excluding carboxylic acids is 1. The molecule has 2 aromatic carbocycles. The van der Waals surface area contributed by atoms with Gasteiger partial charge in [0.25, 0.3) is 0 Å². The third-order valence-corrected chi connectivity index (χ3v) is 4.19. The number of aromatic nitrogens is 2. The summed E-state index contributed by atoms with van der Waals surface area (Å²) in [7, 11) is 0. The molecular weight excluding hydrogens is 326 g/mol. The first-order valence-corrected chi connectivity index (χ1v) is 8.69. The predicted octanol–water partition coefficient (Wildman–Crippen LogP) is 4.99. The number of hydrogen-bond acceptors (Lipinski definition) is 3. The first kappa shape index (κ1) is 18.0. The van der Waals surface area contributed by atoms with Gasteiger partial charge in [-0.05, 0) is 63.4 Å². The van der Waals surface area contributed by atoms with Crippen LogP contribution in [0.25, 0.3) is 22.0 Å². The van der Waals surface area contributed by atoms with Crippen LogP contribution in [0.15, 0.2) is 48.7 Å². The second-order valence-electron chi connectivity index (χ2n) is 8.00. The zero-order chi connectivity index (χ0) is 18.9. The van der Waals surface area contributed by atoms with Crippen LogP contribution in [0.5, 0.6) is 0 Å². The average molecular weight is 351 g/mol. The fourth-order valence-electron chi connectivity index (χ4n) is 2.83. The molecular formula is C21H25N3O2. The lowest BCUT2D eigenvalue weighted by atomic mass is 9.92. The van der Waals surface area contributed by atoms with Crippen LogP contribution in [0.3, 0.4) is 0 Å². The minimum Gasteiger partial charge on any atom is -0.444 e. The number of carbonyl (C=O) groups is 1. The van der Waals surface area contributed by atoms with E-state index in [1.165, 1.54) is 0 Å². The van der Waals surface area contributed by atoms with Crippen molar-refractivity contribution in [2.24, 2.45) is 0 Å². The molecule has 5 heteroatoms. The molecule has 0 spiro atoms. The molecule has 0 saturated carbocycles. The minimum atomic E-state index is -0.532. The van der Waals surface area contributed by atoms with Crippen LogP contribution in [-0.4, -0.2) is 21.9 Å². The fourth-order valence-corrected chi connectivity index (χ4v) is 2.83. The summed E-state index contributed by atoms with van der Waals surface area (Å²) < 4.78 is 5.36. The van der Waals surface area contributed by atoms with Crippen molar-refractivity contribution in [3.8, 4) is 11.1 Å². The van der Waals surface area contributed by atoms with Crippen molar-refractivity contribution in [2.75, 3.05) is 0 Å². The number of aromatic amines is 1. The van der Waals surface area contributed by atoms with Gasteiger partial charge in [-0.1, -0.05) is 30.3 Å². The van der Waals surface area contributed by atoms with E-state index in [4.69, 9.17) is 4.74 Å². The topological polar surface area (TPSA) is 67.0 Å². The van der Waals surface area contributed by atoms with Crippen molar-refractivity contribution in [1.29, 1.82) is 0 Å². The molecule has 0 fully saturated rings. The molecule has 1 heterocycles. The number of nitrogens with zero attached hydrogens (tertiary/aromatic N) is 1. The van der Waals surface area contributed by atoms with Gasteiger partial charge in [-0.15, -0.1) is 0 Å². The zero-order valence-electron chi connectivity index (χ0n) is 15.9. The van der Waals surface area contributed by atoms with Crippen molar-refractivity contribution in [1.82, 2.24) is 15.5 Å². The Hall–Kier alpha value is -2.82. The molecule has 0 bridgehead atoms. The van der Waals surface area contributed by atoms with E-state index >= 15 is 0 Å². The van der Waals surface area contributed by atoms with Gasteiger partial charge in [-0.2, -0.15) is 5.10 Å². The Morgan fingerprint density at radius 3 is 2.31 bits per heavy atom. The van der Waals surface area contributed by atoms with Crippen molar-refractivity contribution >= 4 is 17.0 Å². The highest BCUT2D eigenvalue weighted by atomic mass is 16.6. The molecule has 3 rings (SSSR count). The van der Waals surface area contributed by atoms with E-state index in [1.54, 1.807) is 0 Å². The first-order valence-electron chi connectivity index (χ1n) is 8.69. The monoisotopic (exact) mass is 351 g/mol. The van der Waals surface area contributed by atoms with Crippen LogP contribution < -0.4 is 5.32 Å². The highest BCUT2D eigenvalue weighted by Crippen LogP contribution is 2.27. The summed E-state index contributed by atoms with van der Waals surface area (Å²) in [5.74, 6) is 0. The molecule has 0 aliphatic rings. The maximum absolute atomic E-state index is 12.1. The number of ether oxygens (including phenoxy) is 1. The SMILES string of the molecule is CC(C)(C)OC(=O)NC(C)(C)c1ccc(-c2ccc3[nH]ncc3c2)cc1. The van der Waals surface area contributed by atoms with Gasteiger partial charge < -0.3 is 10.1 Å². The van der Waals surface area contributed by atoms with Crippen LogP contribution in [0, 0.1) is 0 Å². The molecule has 0 atom stereocenters. The second kappa shape index (κ2) is 6.48. The molecule has 0 saturated heterocycles. The average Bonchev–Trinajstić information content (AvgIpc) is 3.00. The summed E-state index contributed by atoms with van der Waals surface area (Å²) in [6.07, 6.45) is 1.40. The summed E-state index contributed by atoms with van der Waals surface area (Å²) in [6.45, 7) is 9.48. The van der Waals surface area contributed by atoms with Gasteiger partial charge in [0, 0.05) is 5.39 Å². The first-order chi connectivity index (χ1) is 12.1. The number of fused-ring (bicyclic) bond motifs is 1. The van der Waals surface area contributed by atoms with Crippen molar-refractivity contribution in [3.05, 3.63) is 54.2 Å². The molecule has 0 aliphatic carbocycles. The number of alkyl carbamates (subject to hydrolysis) is 1. The third kappa shape index (κ3) is 4.04. The number of amides is 1. The van der Waals surface area contributed by atoms with E-state index in [0.29, 0.717) is 0 Å². The Bertz CT molecular complexity index is 918. The Morgan fingerprint density at radius 1 is 1.00 bits per heavy atom. The van der Waals surface area contributed by atoms with Gasteiger partial charge in [0.05, 0.1) is 17.3 Å².